The Kier molecular flexibility index (Phi) is 3.53. The number of carbonyl (C=O) groups is 1. The van der Waals surface area contributed by atoms with E-state index in [9.17, 15) is 4.79 Å². The average molecular weight is 343 g/mol. The molecule has 2 aromatic rings. The maximum atomic E-state index is 12.6. The van der Waals surface area contributed by atoms with Crippen molar-refractivity contribution in [3.8, 4) is 0 Å². The highest BCUT2D eigenvalue weighted by Crippen LogP contribution is 2.39. The summed E-state index contributed by atoms with van der Waals surface area (Å²) in [6.07, 6.45) is 3.08. The highest BCUT2D eigenvalue weighted by molar-refractivity contribution is 5.78. The molecule has 134 valence electrons. The van der Waals surface area contributed by atoms with E-state index < -0.39 is 11.0 Å². The SMILES string of the molecule is CC(C)(C)OC(=O)C1(C)CCN(c2ccc3nnc(C4CC4)n3n2)C1. The molecule has 0 amide bonds. The zero-order chi connectivity index (χ0) is 17.8. The van der Waals surface area contributed by atoms with E-state index in [1.165, 1.54) is 0 Å². The lowest BCUT2D eigenvalue weighted by atomic mass is 9.90. The molecule has 1 saturated heterocycles. The number of nitrogens with zero attached hydrogens (tertiary/aromatic N) is 5. The number of aromatic nitrogens is 4. The van der Waals surface area contributed by atoms with Crippen molar-refractivity contribution in [1.82, 2.24) is 19.8 Å². The zero-order valence-corrected chi connectivity index (χ0v) is 15.3. The summed E-state index contributed by atoms with van der Waals surface area (Å²) in [6, 6.07) is 3.91. The topological polar surface area (TPSA) is 72.6 Å². The zero-order valence-electron chi connectivity index (χ0n) is 15.3. The van der Waals surface area contributed by atoms with E-state index in [1.807, 2.05) is 44.3 Å². The highest BCUT2D eigenvalue weighted by Gasteiger charge is 2.43. The third-order valence-electron chi connectivity index (χ3n) is 4.90. The normalized spacial score (nSPS) is 24.1. The molecule has 1 atom stereocenters. The van der Waals surface area contributed by atoms with E-state index >= 15 is 0 Å². The minimum atomic E-state index is -0.504. The Bertz CT molecular complexity index is 820. The second-order valence-corrected chi connectivity index (χ2v) is 8.53. The quantitative estimate of drug-likeness (QED) is 0.798. The predicted molar refractivity (Wildman–Crippen MR) is 93.5 cm³/mol. The van der Waals surface area contributed by atoms with Crippen molar-refractivity contribution < 1.29 is 9.53 Å². The van der Waals surface area contributed by atoms with Crippen LogP contribution in [0.1, 0.15) is 58.7 Å². The van der Waals surface area contributed by atoms with Crippen molar-refractivity contribution in [2.45, 2.75) is 58.5 Å². The molecule has 2 fully saturated rings. The van der Waals surface area contributed by atoms with Gasteiger partial charge >= 0.3 is 5.97 Å². The van der Waals surface area contributed by atoms with Crippen molar-refractivity contribution in [1.29, 1.82) is 0 Å². The molecule has 1 unspecified atom stereocenters. The maximum absolute atomic E-state index is 12.6. The van der Waals surface area contributed by atoms with Crippen molar-refractivity contribution in [3.05, 3.63) is 18.0 Å². The summed E-state index contributed by atoms with van der Waals surface area (Å²) in [5, 5.41) is 13.2. The van der Waals surface area contributed by atoms with Crippen LogP contribution in [0.4, 0.5) is 5.82 Å². The van der Waals surface area contributed by atoms with Gasteiger partial charge < -0.3 is 9.64 Å². The lowest BCUT2D eigenvalue weighted by Crippen LogP contribution is -2.38. The van der Waals surface area contributed by atoms with E-state index in [0.717, 1.165) is 43.1 Å². The van der Waals surface area contributed by atoms with Gasteiger partial charge in [0.25, 0.3) is 0 Å². The lowest BCUT2D eigenvalue weighted by Gasteiger charge is -2.28. The van der Waals surface area contributed by atoms with Crippen molar-refractivity contribution in [3.63, 3.8) is 0 Å². The Morgan fingerprint density at radius 2 is 2.04 bits per heavy atom. The van der Waals surface area contributed by atoms with Crippen LogP contribution in [-0.2, 0) is 9.53 Å². The molecule has 0 spiro atoms. The first-order chi connectivity index (χ1) is 11.8. The van der Waals surface area contributed by atoms with Gasteiger partial charge in [-0.05, 0) is 59.1 Å². The molecule has 1 aliphatic carbocycles. The Morgan fingerprint density at radius 1 is 1.28 bits per heavy atom. The summed E-state index contributed by atoms with van der Waals surface area (Å²) >= 11 is 0. The standard InChI is InChI=1S/C18H25N5O2/c1-17(2,3)25-16(24)18(4)9-10-22(11-18)14-8-7-13-19-20-15(12-5-6-12)23(13)21-14/h7-8,12H,5-6,9-11H2,1-4H3. The van der Waals surface area contributed by atoms with Gasteiger partial charge in [-0.15, -0.1) is 15.3 Å². The number of hydrogen-bond acceptors (Lipinski definition) is 6. The van der Waals surface area contributed by atoms with Gasteiger partial charge in [0.1, 0.15) is 11.4 Å². The molecule has 0 radical (unpaired) electrons. The number of esters is 1. The van der Waals surface area contributed by atoms with Gasteiger partial charge in [-0.25, -0.2) is 0 Å². The number of rotatable bonds is 3. The van der Waals surface area contributed by atoms with Crippen LogP contribution in [0.3, 0.4) is 0 Å². The molecule has 0 aromatic carbocycles. The second-order valence-electron chi connectivity index (χ2n) is 8.53. The van der Waals surface area contributed by atoms with E-state index in [0.29, 0.717) is 12.5 Å². The average Bonchev–Trinajstić information content (AvgIpc) is 3.15. The Morgan fingerprint density at radius 3 is 2.72 bits per heavy atom. The van der Waals surface area contributed by atoms with Gasteiger partial charge in [0.05, 0.1) is 5.41 Å². The Hall–Kier alpha value is -2.18. The molecule has 7 heteroatoms. The van der Waals surface area contributed by atoms with Gasteiger partial charge in [-0.2, -0.15) is 4.52 Å². The highest BCUT2D eigenvalue weighted by atomic mass is 16.6. The molecular formula is C18H25N5O2. The molecule has 2 aromatic heterocycles. The fourth-order valence-corrected chi connectivity index (χ4v) is 3.29. The number of carbonyl (C=O) groups excluding carboxylic acids is 1. The minimum absolute atomic E-state index is 0.133. The van der Waals surface area contributed by atoms with Crippen LogP contribution in [-0.4, -0.2) is 44.5 Å². The van der Waals surface area contributed by atoms with Crippen molar-refractivity contribution in [2.75, 3.05) is 18.0 Å². The molecule has 7 nitrogen and oxygen atoms in total. The van der Waals surface area contributed by atoms with Gasteiger partial charge in [-0.3, -0.25) is 4.79 Å². The summed E-state index contributed by atoms with van der Waals surface area (Å²) < 4.78 is 7.47. The smallest absolute Gasteiger partial charge is 0.314 e. The monoisotopic (exact) mass is 343 g/mol. The number of ether oxygens (including phenoxy) is 1. The third-order valence-corrected chi connectivity index (χ3v) is 4.90. The summed E-state index contributed by atoms with van der Waals surface area (Å²) in [5.41, 5.74) is -0.192. The van der Waals surface area contributed by atoms with Crippen LogP contribution in [0.15, 0.2) is 12.1 Å². The maximum Gasteiger partial charge on any atom is 0.314 e. The van der Waals surface area contributed by atoms with Crippen LogP contribution in [0.2, 0.25) is 0 Å². The van der Waals surface area contributed by atoms with Crippen molar-refractivity contribution >= 4 is 17.4 Å². The first-order valence-electron chi connectivity index (χ1n) is 8.96. The van der Waals surface area contributed by atoms with Crippen LogP contribution < -0.4 is 4.90 Å². The van der Waals surface area contributed by atoms with Crippen molar-refractivity contribution in [2.24, 2.45) is 5.41 Å². The number of hydrogen-bond donors (Lipinski definition) is 0. The summed E-state index contributed by atoms with van der Waals surface area (Å²) in [7, 11) is 0. The predicted octanol–water partition coefficient (Wildman–Crippen LogP) is 2.56. The fourth-order valence-electron chi connectivity index (χ4n) is 3.29. The van der Waals surface area contributed by atoms with Crippen LogP contribution in [0.5, 0.6) is 0 Å². The van der Waals surface area contributed by atoms with E-state index in [2.05, 4.69) is 15.1 Å². The summed E-state index contributed by atoms with van der Waals surface area (Å²) in [6.45, 7) is 9.09. The summed E-state index contributed by atoms with van der Waals surface area (Å²) in [4.78, 5) is 14.7. The van der Waals surface area contributed by atoms with Gasteiger partial charge in [0.15, 0.2) is 11.5 Å². The largest absolute Gasteiger partial charge is 0.459 e. The minimum Gasteiger partial charge on any atom is -0.459 e. The first-order valence-corrected chi connectivity index (χ1v) is 8.96. The molecule has 2 aliphatic rings. The molecule has 0 bridgehead atoms. The van der Waals surface area contributed by atoms with Gasteiger partial charge in [-0.1, -0.05) is 0 Å². The van der Waals surface area contributed by atoms with Crippen LogP contribution >= 0.6 is 0 Å². The first kappa shape index (κ1) is 16.3. The number of anilines is 1. The van der Waals surface area contributed by atoms with Gasteiger partial charge in [0, 0.05) is 19.0 Å². The van der Waals surface area contributed by atoms with E-state index in [4.69, 9.17) is 9.84 Å². The van der Waals surface area contributed by atoms with E-state index in [1.54, 1.807) is 0 Å². The van der Waals surface area contributed by atoms with Crippen LogP contribution in [0, 0.1) is 5.41 Å². The number of fused-ring (bicyclic) bond motifs is 1. The molecule has 4 rings (SSSR count). The third kappa shape index (κ3) is 3.07. The molecule has 1 aliphatic heterocycles. The summed E-state index contributed by atoms with van der Waals surface area (Å²) in [5.74, 6) is 2.17. The second kappa shape index (κ2) is 5.41. The molecule has 3 heterocycles. The molecule has 1 saturated carbocycles. The lowest BCUT2D eigenvalue weighted by molar-refractivity contribution is -0.165. The molecular weight excluding hydrogens is 318 g/mol. The Balaban J connectivity index is 1.56. The fraction of sp³-hybridized carbons (Fsp3) is 0.667. The van der Waals surface area contributed by atoms with Gasteiger partial charge in [0.2, 0.25) is 0 Å². The molecule has 25 heavy (non-hydrogen) atoms. The Labute approximate surface area is 147 Å². The molecule has 0 N–H and O–H groups in total. The van der Waals surface area contributed by atoms with Crippen LogP contribution in [0.25, 0.3) is 5.65 Å². The van der Waals surface area contributed by atoms with E-state index in [-0.39, 0.29) is 5.97 Å².